The van der Waals surface area contributed by atoms with Gasteiger partial charge in [0.25, 0.3) is 0 Å². The van der Waals surface area contributed by atoms with Gasteiger partial charge >= 0.3 is 5.97 Å². The van der Waals surface area contributed by atoms with Crippen LogP contribution in [0.15, 0.2) is 18.2 Å². The maximum Gasteiger partial charge on any atom is 0.341 e. The number of carboxylic acid groups (broad SMARTS) is 1. The van der Waals surface area contributed by atoms with E-state index in [1.807, 2.05) is 0 Å². The Bertz CT molecular complexity index is 448. The smallest absolute Gasteiger partial charge is 0.341 e. The summed E-state index contributed by atoms with van der Waals surface area (Å²) in [5, 5.41) is 8.97. The van der Waals surface area contributed by atoms with Gasteiger partial charge in [-0.15, -0.1) is 0 Å². The summed E-state index contributed by atoms with van der Waals surface area (Å²) in [6, 6.07) is 4.88. The van der Waals surface area contributed by atoms with Gasteiger partial charge in [0.05, 0.1) is 11.3 Å². The molecule has 16 heavy (non-hydrogen) atoms. The third kappa shape index (κ3) is 4.05. The molecule has 0 aliphatic heterocycles. The van der Waals surface area contributed by atoms with E-state index in [9.17, 15) is 4.79 Å². The van der Waals surface area contributed by atoms with Crippen molar-refractivity contribution in [3.8, 4) is 17.6 Å². The Hall–Kier alpha value is -1.31. The molecular formula is C11H9ClO3S. The molecule has 0 bridgehead atoms. The fourth-order valence-corrected chi connectivity index (χ4v) is 1.23. The number of ether oxygens (including phenoxy) is 1. The number of hydrogen-bond donors (Lipinski definition) is 2. The number of halogens is 1. The second kappa shape index (κ2) is 6.31. The molecule has 3 nitrogen and oxygen atoms in total. The van der Waals surface area contributed by atoms with Gasteiger partial charge < -0.3 is 9.84 Å². The van der Waals surface area contributed by atoms with Crippen LogP contribution in [0.4, 0.5) is 0 Å². The number of benzene rings is 1. The highest BCUT2D eigenvalue weighted by atomic mass is 35.5. The van der Waals surface area contributed by atoms with Gasteiger partial charge in [-0.05, 0) is 12.1 Å². The number of carboxylic acids is 1. The lowest BCUT2D eigenvalue weighted by molar-refractivity contribution is -0.139. The number of aliphatic carboxylic acids is 1. The Morgan fingerprint density at radius 1 is 1.56 bits per heavy atom. The number of thiol groups is 1. The van der Waals surface area contributed by atoms with Crippen molar-refractivity contribution in [3.63, 3.8) is 0 Å². The molecule has 0 spiro atoms. The molecular weight excluding hydrogens is 248 g/mol. The van der Waals surface area contributed by atoms with Crippen molar-refractivity contribution in [1.29, 1.82) is 0 Å². The van der Waals surface area contributed by atoms with E-state index in [-0.39, 0.29) is 0 Å². The molecule has 0 radical (unpaired) electrons. The number of hydrogen-bond acceptors (Lipinski definition) is 3. The largest absolute Gasteiger partial charge is 0.481 e. The lowest BCUT2D eigenvalue weighted by Crippen LogP contribution is -2.10. The summed E-state index contributed by atoms with van der Waals surface area (Å²) in [6.07, 6.45) is 0. The van der Waals surface area contributed by atoms with E-state index in [1.165, 1.54) is 6.07 Å². The molecule has 0 heterocycles. The first-order valence-electron chi connectivity index (χ1n) is 4.37. The molecule has 0 aliphatic rings. The van der Waals surface area contributed by atoms with Gasteiger partial charge in [-0.2, -0.15) is 12.6 Å². The molecule has 1 N–H and O–H groups in total. The third-order valence-corrected chi connectivity index (χ3v) is 1.99. The summed E-state index contributed by atoms with van der Waals surface area (Å²) in [7, 11) is 0. The molecule has 1 rings (SSSR count). The van der Waals surface area contributed by atoms with E-state index in [0.29, 0.717) is 22.1 Å². The van der Waals surface area contributed by atoms with Crippen LogP contribution in [0.1, 0.15) is 5.56 Å². The van der Waals surface area contributed by atoms with Crippen LogP contribution in [0.25, 0.3) is 0 Å². The summed E-state index contributed by atoms with van der Waals surface area (Å²) >= 11 is 9.73. The summed E-state index contributed by atoms with van der Waals surface area (Å²) in [5.41, 5.74) is 0.597. The molecule has 0 saturated carbocycles. The van der Waals surface area contributed by atoms with Crippen molar-refractivity contribution in [2.45, 2.75) is 0 Å². The minimum Gasteiger partial charge on any atom is -0.481 e. The topological polar surface area (TPSA) is 46.5 Å². The van der Waals surface area contributed by atoms with Gasteiger partial charge in [-0.25, -0.2) is 4.79 Å². The van der Waals surface area contributed by atoms with Crippen LogP contribution in [0.3, 0.4) is 0 Å². The Morgan fingerprint density at radius 2 is 2.31 bits per heavy atom. The second-order valence-electron chi connectivity index (χ2n) is 2.78. The SMILES string of the molecule is O=C(O)COc1cc(Cl)ccc1C#CCS. The Morgan fingerprint density at radius 3 is 2.94 bits per heavy atom. The molecule has 0 unspecified atom stereocenters. The summed E-state index contributed by atoms with van der Waals surface area (Å²) in [5.74, 6) is 5.30. The van der Waals surface area contributed by atoms with Gasteiger partial charge in [0, 0.05) is 11.1 Å². The van der Waals surface area contributed by atoms with Gasteiger partial charge in [0.15, 0.2) is 6.61 Å². The number of rotatable bonds is 3. The first-order chi connectivity index (χ1) is 7.63. The molecule has 0 aromatic heterocycles. The fraction of sp³-hybridized carbons (Fsp3) is 0.182. The normalized spacial score (nSPS) is 9.12. The third-order valence-electron chi connectivity index (χ3n) is 1.60. The van der Waals surface area contributed by atoms with Gasteiger partial charge in [0.1, 0.15) is 5.75 Å². The summed E-state index contributed by atoms with van der Waals surface area (Å²) in [4.78, 5) is 10.4. The van der Waals surface area contributed by atoms with Crippen LogP contribution in [0.2, 0.25) is 5.02 Å². The van der Waals surface area contributed by atoms with E-state index in [0.717, 1.165) is 0 Å². The van der Waals surface area contributed by atoms with E-state index in [4.69, 9.17) is 21.4 Å². The van der Waals surface area contributed by atoms with E-state index in [2.05, 4.69) is 24.5 Å². The lowest BCUT2D eigenvalue weighted by atomic mass is 10.2. The van der Waals surface area contributed by atoms with Crippen LogP contribution in [0.5, 0.6) is 5.75 Å². The average Bonchev–Trinajstić information content (AvgIpc) is 2.25. The minimum absolute atomic E-state index is 0.365. The lowest BCUT2D eigenvalue weighted by Gasteiger charge is -2.06. The zero-order chi connectivity index (χ0) is 12.0. The van der Waals surface area contributed by atoms with Crippen LogP contribution >= 0.6 is 24.2 Å². The maximum atomic E-state index is 10.4. The monoisotopic (exact) mass is 256 g/mol. The van der Waals surface area contributed by atoms with Gasteiger partial charge in [-0.3, -0.25) is 0 Å². The van der Waals surface area contributed by atoms with Crippen molar-refractivity contribution in [1.82, 2.24) is 0 Å². The zero-order valence-electron chi connectivity index (χ0n) is 8.24. The summed E-state index contributed by atoms with van der Waals surface area (Å²) in [6.45, 7) is -0.421. The van der Waals surface area contributed by atoms with Crippen molar-refractivity contribution >= 4 is 30.2 Å². The van der Waals surface area contributed by atoms with E-state index < -0.39 is 12.6 Å². The first kappa shape index (κ1) is 12.8. The Labute approximate surface area is 104 Å². The van der Waals surface area contributed by atoms with Crippen LogP contribution in [-0.2, 0) is 4.79 Å². The molecule has 0 fully saturated rings. The second-order valence-corrected chi connectivity index (χ2v) is 3.54. The van der Waals surface area contributed by atoms with E-state index >= 15 is 0 Å². The minimum atomic E-state index is -1.05. The Kier molecular flexibility index (Phi) is 5.03. The first-order valence-corrected chi connectivity index (χ1v) is 5.38. The molecule has 0 atom stereocenters. The van der Waals surface area contributed by atoms with Crippen LogP contribution < -0.4 is 4.74 Å². The van der Waals surface area contributed by atoms with Gasteiger partial charge in [0.2, 0.25) is 0 Å². The molecule has 5 heteroatoms. The van der Waals surface area contributed by atoms with Crippen molar-refractivity contribution in [2.24, 2.45) is 0 Å². The van der Waals surface area contributed by atoms with Crippen LogP contribution in [0, 0.1) is 11.8 Å². The average molecular weight is 257 g/mol. The van der Waals surface area contributed by atoms with Crippen molar-refractivity contribution < 1.29 is 14.6 Å². The number of carbonyl (C=O) groups is 1. The molecule has 1 aromatic rings. The predicted molar refractivity (Wildman–Crippen MR) is 65.3 cm³/mol. The quantitative estimate of drug-likeness (QED) is 0.643. The molecule has 84 valence electrons. The molecule has 1 aromatic carbocycles. The van der Waals surface area contributed by atoms with Crippen LogP contribution in [-0.4, -0.2) is 23.4 Å². The predicted octanol–water partition coefficient (Wildman–Crippen LogP) is 2.08. The van der Waals surface area contributed by atoms with E-state index in [1.54, 1.807) is 12.1 Å². The molecule has 0 aliphatic carbocycles. The highest BCUT2D eigenvalue weighted by Crippen LogP contribution is 2.22. The van der Waals surface area contributed by atoms with Gasteiger partial charge in [-0.1, -0.05) is 23.4 Å². The van der Waals surface area contributed by atoms with Crippen molar-refractivity contribution in [3.05, 3.63) is 28.8 Å². The zero-order valence-corrected chi connectivity index (χ0v) is 9.89. The van der Waals surface area contributed by atoms with Crippen molar-refractivity contribution in [2.75, 3.05) is 12.4 Å². The fourth-order valence-electron chi connectivity index (χ4n) is 0.993. The molecule has 0 amide bonds. The maximum absolute atomic E-state index is 10.4. The highest BCUT2D eigenvalue weighted by molar-refractivity contribution is 7.80. The standard InChI is InChI=1S/C11H9ClO3S/c12-9-4-3-8(2-1-5-16)10(6-9)15-7-11(13)14/h3-4,6,16H,5,7H2,(H,13,14). The summed E-state index contributed by atoms with van der Waals surface area (Å²) < 4.78 is 5.07. The molecule has 0 saturated heterocycles. The Balaban J connectivity index is 2.93. The highest BCUT2D eigenvalue weighted by Gasteiger charge is 2.05.